The number of benzene rings is 1. The van der Waals surface area contributed by atoms with Crippen LogP contribution in [0.5, 0.6) is 0 Å². The highest BCUT2D eigenvalue weighted by Crippen LogP contribution is 2.28. The number of nitrogens with one attached hydrogen (secondary N) is 1. The summed E-state index contributed by atoms with van der Waals surface area (Å²) in [5.74, 6) is 0.147. The molecule has 0 aliphatic carbocycles. The fourth-order valence-electron chi connectivity index (χ4n) is 4.07. The van der Waals surface area contributed by atoms with Gasteiger partial charge in [-0.1, -0.05) is 30.7 Å². The van der Waals surface area contributed by atoms with E-state index in [1.807, 2.05) is 42.2 Å². The van der Waals surface area contributed by atoms with Crippen LogP contribution < -0.4 is 5.32 Å². The zero-order valence-electron chi connectivity index (χ0n) is 17.9. The van der Waals surface area contributed by atoms with Crippen LogP contribution >= 0.6 is 22.9 Å². The number of halogens is 1. The van der Waals surface area contributed by atoms with E-state index in [4.69, 9.17) is 11.6 Å². The molecule has 1 saturated heterocycles. The molecule has 4 rings (SSSR count). The minimum absolute atomic E-state index is 0.0117. The van der Waals surface area contributed by atoms with Gasteiger partial charge >= 0.3 is 0 Å². The summed E-state index contributed by atoms with van der Waals surface area (Å²) in [6, 6.07) is 12.0. The van der Waals surface area contributed by atoms with Crippen LogP contribution in [0.25, 0.3) is 10.2 Å². The molecule has 1 N–H and O–H groups in total. The van der Waals surface area contributed by atoms with Crippen molar-refractivity contribution < 1.29 is 9.59 Å². The van der Waals surface area contributed by atoms with Crippen molar-refractivity contribution in [3.8, 4) is 0 Å². The minimum atomic E-state index is -0.0117. The molecule has 3 aromatic rings. The highest BCUT2D eigenvalue weighted by Gasteiger charge is 2.30. The predicted molar refractivity (Wildman–Crippen MR) is 127 cm³/mol. The fourth-order valence-corrected chi connectivity index (χ4v) is 5.01. The van der Waals surface area contributed by atoms with Gasteiger partial charge in [-0.05, 0) is 61.4 Å². The van der Waals surface area contributed by atoms with Crippen LogP contribution in [-0.4, -0.2) is 40.4 Å². The molecule has 1 fully saturated rings. The Labute approximate surface area is 192 Å². The third kappa shape index (κ3) is 4.80. The number of carbonyl (C=O) groups excluding carboxylic acids is 2. The Balaban J connectivity index is 1.49. The number of piperidine rings is 1. The molecule has 1 aliphatic rings. The summed E-state index contributed by atoms with van der Waals surface area (Å²) in [5, 5.41) is 5.83. The van der Waals surface area contributed by atoms with Crippen LogP contribution in [-0.2, 0) is 11.3 Å². The monoisotopic (exact) mass is 457 g/mol. The van der Waals surface area contributed by atoms with Crippen LogP contribution in [0.1, 0.15) is 49.2 Å². The van der Waals surface area contributed by atoms with Gasteiger partial charge < -0.3 is 14.8 Å². The molecule has 1 aromatic carbocycles. The van der Waals surface area contributed by atoms with E-state index >= 15 is 0 Å². The lowest BCUT2D eigenvalue weighted by molar-refractivity contribution is -0.126. The molecular weight excluding hydrogens is 430 g/mol. The number of fused-ring (bicyclic) bond motifs is 1. The summed E-state index contributed by atoms with van der Waals surface area (Å²) in [5.41, 5.74) is 2.88. The summed E-state index contributed by atoms with van der Waals surface area (Å²) in [6.07, 6.45) is 2.34. The Morgan fingerprint density at radius 2 is 1.90 bits per heavy atom. The quantitative estimate of drug-likeness (QED) is 0.555. The van der Waals surface area contributed by atoms with Gasteiger partial charge in [-0.2, -0.15) is 0 Å². The lowest BCUT2D eigenvalue weighted by atomic mass is 9.95. The Morgan fingerprint density at radius 1 is 1.19 bits per heavy atom. The first kappa shape index (κ1) is 21.9. The van der Waals surface area contributed by atoms with Gasteiger partial charge in [-0.3, -0.25) is 9.59 Å². The number of hydrogen-bond donors (Lipinski definition) is 1. The molecule has 0 spiro atoms. The summed E-state index contributed by atoms with van der Waals surface area (Å²) in [6.45, 7) is 5.92. The molecular formula is C24H28ClN3O2S. The lowest BCUT2D eigenvalue weighted by Crippen LogP contribution is -2.45. The average molecular weight is 458 g/mol. The van der Waals surface area contributed by atoms with Crippen molar-refractivity contribution in [2.75, 3.05) is 13.1 Å². The van der Waals surface area contributed by atoms with Gasteiger partial charge in [0.2, 0.25) is 5.91 Å². The predicted octanol–water partition coefficient (Wildman–Crippen LogP) is 5.17. The molecule has 164 valence electrons. The smallest absolute Gasteiger partial charge is 0.270 e. The van der Waals surface area contributed by atoms with Gasteiger partial charge in [0.15, 0.2) is 0 Å². The van der Waals surface area contributed by atoms with Gasteiger partial charge in [-0.15, -0.1) is 11.3 Å². The Kier molecular flexibility index (Phi) is 6.68. The number of thiophene rings is 1. The Morgan fingerprint density at radius 3 is 2.58 bits per heavy atom. The normalized spacial score (nSPS) is 15.9. The number of hydrogen-bond acceptors (Lipinski definition) is 3. The number of aromatic nitrogens is 1. The average Bonchev–Trinajstić information content (AvgIpc) is 3.37. The van der Waals surface area contributed by atoms with E-state index < -0.39 is 0 Å². The van der Waals surface area contributed by atoms with E-state index in [1.54, 1.807) is 11.3 Å². The molecule has 1 atom stereocenters. The van der Waals surface area contributed by atoms with Gasteiger partial charge in [0.1, 0.15) is 5.69 Å². The second-order valence-corrected chi connectivity index (χ2v) is 9.68. The van der Waals surface area contributed by atoms with Crippen molar-refractivity contribution in [2.45, 2.75) is 45.7 Å². The van der Waals surface area contributed by atoms with Gasteiger partial charge in [0, 0.05) is 36.6 Å². The van der Waals surface area contributed by atoms with E-state index in [2.05, 4.69) is 28.3 Å². The topological polar surface area (TPSA) is 54.3 Å². The molecule has 0 bridgehead atoms. The van der Waals surface area contributed by atoms with Crippen molar-refractivity contribution in [1.29, 1.82) is 0 Å². The first-order chi connectivity index (χ1) is 15.0. The highest BCUT2D eigenvalue weighted by molar-refractivity contribution is 7.17. The van der Waals surface area contributed by atoms with E-state index in [0.29, 0.717) is 43.2 Å². The van der Waals surface area contributed by atoms with Gasteiger partial charge in [0.25, 0.3) is 5.91 Å². The number of amides is 2. The van der Waals surface area contributed by atoms with Crippen molar-refractivity contribution >= 4 is 45.0 Å². The zero-order valence-corrected chi connectivity index (χ0v) is 19.5. The number of likely N-dealkylation sites (tertiary alicyclic amines) is 1. The molecule has 0 unspecified atom stereocenters. The second-order valence-electron chi connectivity index (χ2n) is 8.30. The number of carbonyl (C=O) groups is 2. The standard InChI is InChI=1S/C24H28ClN3O2S/c1-3-16(2)26-23(29)18-8-11-27(12-9-18)24(30)21-14-22-20(10-13-31-22)28(21)15-17-4-6-19(25)7-5-17/h4-7,10,13-14,16,18H,3,8-9,11-12,15H2,1-2H3,(H,26,29)/t16-/m0/s1. The summed E-state index contributed by atoms with van der Waals surface area (Å²) >= 11 is 7.68. The van der Waals surface area contributed by atoms with E-state index in [0.717, 1.165) is 22.2 Å². The molecule has 0 saturated carbocycles. The molecule has 2 amide bonds. The van der Waals surface area contributed by atoms with Crippen LogP contribution in [0, 0.1) is 5.92 Å². The van der Waals surface area contributed by atoms with Crippen LogP contribution in [0.3, 0.4) is 0 Å². The van der Waals surface area contributed by atoms with Crippen molar-refractivity contribution in [3.63, 3.8) is 0 Å². The summed E-state index contributed by atoms with van der Waals surface area (Å²) in [4.78, 5) is 27.8. The van der Waals surface area contributed by atoms with Crippen LogP contribution in [0.15, 0.2) is 41.8 Å². The molecule has 7 heteroatoms. The fraction of sp³-hybridized carbons (Fsp3) is 0.417. The maximum absolute atomic E-state index is 13.4. The second kappa shape index (κ2) is 9.45. The van der Waals surface area contributed by atoms with E-state index in [-0.39, 0.29) is 23.8 Å². The van der Waals surface area contributed by atoms with Gasteiger partial charge in [-0.25, -0.2) is 0 Å². The third-order valence-electron chi connectivity index (χ3n) is 6.15. The highest BCUT2D eigenvalue weighted by atomic mass is 35.5. The minimum Gasteiger partial charge on any atom is -0.353 e. The number of nitrogens with zero attached hydrogens (tertiary/aromatic N) is 2. The maximum atomic E-state index is 13.4. The van der Waals surface area contributed by atoms with Crippen LogP contribution in [0.4, 0.5) is 0 Å². The lowest BCUT2D eigenvalue weighted by Gasteiger charge is -2.32. The molecule has 3 heterocycles. The van der Waals surface area contributed by atoms with E-state index in [9.17, 15) is 9.59 Å². The van der Waals surface area contributed by atoms with Crippen molar-refractivity contribution in [3.05, 3.63) is 58.1 Å². The van der Waals surface area contributed by atoms with Crippen molar-refractivity contribution in [2.24, 2.45) is 5.92 Å². The molecule has 2 aromatic heterocycles. The first-order valence-electron chi connectivity index (χ1n) is 10.9. The summed E-state index contributed by atoms with van der Waals surface area (Å²) in [7, 11) is 0. The largest absolute Gasteiger partial charge is 0.353 e. The summed E-state index contributed by atoms with van der Waals surface area (Å²) < 4.78 is 3.21. The zero-order chi connectivity index (χ0) is 22.0. The Bertz CT molecular complexity index is 1060. The third-order valence-corrected chi connectivity index (χ3v) is 7.25. The van der Waals surface area contributed by atoms with Gasteiger partial charge in [0.05, 0.1) is 10.2 Å². The SMILES string of the molecule is CC[C@H](C)NC(=O)C1CCN(C(=O)c2cc3sccc3n2Cc2ccc(Cl)cc2)CC1. The molecule has 31 heavy (non-hydrogen) atoms. The molecule has 1 aliphatic heterocycles. The molecule has 5 nitrogen and oxygen atoms in total. The maximum Gasteiger partial charge on any atom is 0.270 e. The van der Waals surface area contributed by atoms with E-state index in [1.165, 1.54) is 0 Å². The number of rotatable bonds is 6. The van der Waals surface area contributed by atoms with Crippen LogP contribution in [0.2, 0.25) is 5.02 Å². The first-order valence-corrected chi connectivity index (χ1v) is 12.1. The van der Waals surface area contributed by atoms with Crippen molar-refractivity contribution in [1.82, 2.24) is 14.8 Å². The Hall–Kier alpha value is -2.31. The molecule has 0 radical (unpaired) electrons.